The first-order chi connectivity index (χ1) is 12.9. The van der Waals surface area contributed by atoms with Gasteiger partial charge in [-0.1, -0.05) is 17.7 Å². The van der Waals surface area contributed by atoms with E-state index < -0.39 is 16.1 Å². The summed E-state index contributed by atoms with van der Waals surface area (Å²) in [5.74, 6) is 1.38. The second kappa shape index (κ2) is 6.77. The van der Waals surface area contributed by atoms with Crippen molar-refractivity contribution in [3.05, 3.63) is 53.1 Å². The molecule has 4 rings (SSSR count). The average Bonchev–Trinajstić information content (AvgIpc) is 2.66. The predicted octanol–water partition coefficient (Wildman–Crippen LogP) is 2.22. The van der Waals surface area contributed by atoms with E-state index in [4.69, 9.17) is 9.47 Å². The molecule has 0 aromatic heterocycles. The fourth-order valence-electron chi connectivity index (χ4n) is 3.22. The maximum absolute atomic E-state index is 12.5. The third-order valence-electron chi connectivity index (χ3n) is 4.72. The van der Waals surface area contributed by atoms with Gasteiger partial charge in [-0.15, -0.1) is 0 Å². The van der Waals surface area contributed by atoms with E-state index in [0.717, 1.165) is 22.4 Å². The lowest BCUT2D eigenvalue weighted by atomic mass is 9.99. The van der Waals surface area contributed by atoms with Crippen LogP contribution in [0.1, 0.15) is 16.7 Å². The Kier molecular flexibility index (Phi) is 4.43. The molecule has 2 heterocycles. The van der Waals surface area contributed by atoms with Crippen LogP contribution in [0.2, 0.25) is 0 Å². The molecule has 142 valence electrons. The van der Waals surface area contributed by atoms with Crippen LogP contribution in [0.4, 0.5) is 4.79 Å². The van der Waals surface area contributed by atoms with Crippen molar-refractivity contribution < 1.29 is 22.7 Å². The van der Waals surface area contributed by atoms with Crippen molar-refractivity contribution in [2.24, 2.45) is 0 Å². The molecule has 2 aromatic carbocycles. The number of aryl methyl sites for hydroxylation is 1. The number of ether oxygens (including phenoxy) is 2. The number of hydrogen-bond acceptors (Lipinski definition) is 5. The van der Waals surface area contributed by atoms with Gasteiger partial charge in [0.1, 0.15) is 13.2 Å². The van der Waals surface area contributed by atoms with Gasteiger partial charge in [0.15, 0.2) is 11.5 Å². The van der Waals surface area contributed by atoms with E-state index in [9.17, 15) is 13.2 Å². The molecule has 0 unspecified atom stereocenters. The van der Waals surface area contributed by atoms with E-state index in [1.54, 1.807) is 12.1 Å². The Hall–Kier alpha value is -2.74. The van der Waals surface area contributed by atoms with Crippen LogP contribution in [0.3, 0.4) is 0 Å². The molecule has 0 bridgehead atoms. The molecule has 0 spiro atoms. The number of amides is 2. The van der Waals surface area contributed by atoms with Crippen LogP contribution in [0, 0.1) is 6.92 Å². The van der Waals surface area contributed by atoms with Gasteiger partial charge in [-0.2, -0.15) is 0 Å². The fourth-order valence-corrected chi connectivity index (χ4v) is 4.19. The summed E-state index contributed by atoms with van der Waals surface area (Å²) in [7, 11) is -3.90. The Labute approximate surface area is 157 Å². The molecule has 1 N–H and O–H groups in total. The van der Waals surface area contributed by atoms with Crippen molar-refractivity contribution in [3.63, 3.8) is 0 Å². The van der Waals surface area contributed by atoms with Crippen molar-refractivity contribution in [2.45, 2.75) is 24.8 Å². The molecule has 0 atom stereocenters. The molecule has 0 radical (unpaired) electrons. The standard InChI is InChI=1S/C19H20N2O5S/c1-13-2-4-16(5-3-13)27(23,24)20-19(22)21-7-6-14-10-17-18(11-15(14)12-21)26-9-8-25-17/h2-5,10-11H,6-9,12H2,1H3,(H,20,22). The zero-order valence-electron chi connectivity index (χ0n) is 14.9. The Morgan fingerprint density at radius 1 is 1.04 bits per heavy atom. The quantitative estimate of drug-likeness (QED) is 0.853. The normalized spacial score (nSPS) is 15.8. The molecule has 7 nitrogen and oxygen atoms in total. The van der Waals surface area contributed by atoms with Crippen molar-refractivity contribution in [1.82, 2.24) is 9.62 Å². The molecule has 0 saturated carbocycles. The first-order valence-electron chi connectivity index (χ1n) is 8.72. The fraction of sp³-hybridized carbons (Fsp3) is 0.316. The highest BCUT2D eigenvalue weighted by molar-refractivity contribution is 7.90. The molecular formula is C19H20N2O5S. The Morgan fingerprint density at radius 3 is 2.33 bits per heavy atom. The van der Waals surface area contributed by atoms with E-state index >= 15 is 0 Å². The number of hydrogen-bond donors (Lipinski definition) is 1. The van der Waals surface area contributed by atoms with Crippen molar-refractivity contribution in [3.8, 4) is 11.5 Å². The summed E-state index contributed by atoms with van der Waals surface area (Å²) in [5.41, 5.74) is 2.97. The smallest absolute Gasteiger partial charge is 0.331 e. The molecule has 0 fully saturated rings. The van der Waals surface area contributed by atoms with Crippen LogP contribution in [-0.4, -0.2) is 39.1 Å². The second-order valence-electron chi connectivity index (χ2n) is 6.66. The minimum Gasteiger partial charge on any atom is -0.486 e. The third kappa shape index (κ3) is 3.57. The van der Waals surface area contributed by atoms with Gasteiger partial charge in [-0.25, -0.2) is 17.9 Å². The first kappa shape index (κ1) is 17.7. The van der Waals surface area contributed by atoms with E-state index in [1.807, 2.05) is 19.1 Å². The summed E-state index contributed by atoms with van der Waals surface area (Å²) in [6, 6.07) is 9.55. The van der Waals surface area contributed by atoms with Crippen LogP contribution in [0.25, 0.3) is 0 Å². The molecule has 0 saturated heterocycles. The highest BCUT2D eigenvalue weighted by Crippen LogP contribution is 2.35. The van der Waals surface area contributed by atoms with Crippen LogP contribution in [-0.2, 0) is 23.0 Å². The molecule has 0 aliphatic carbocycles. The Morgan fingerprint density at radius 2 is 1.67 bits per heavy atom. The van der Waals surface area contributed by atoms with Gasteiger partial charge in [-0.3, -0.25) is 0 Å². The number of nitrogens with zero attached hydrogens (tertiary/aromatic N) is 1. The maximum atomic E-state index is 12.5. The van der Waals surface area contributed by atoms with Crippen molar-refractivity contribution in [1.29, 1.82) is 0 Å². The summed E-state index contributed by atoms with van der Waals surface area (Å²) in [6.07, 6.45) is 0.629. The van der Waals surface area contributed by atoms with Gasteiger partial charge in [0.2, 0.25) is 0 Å². The van der Waals surface area contributed by atoms with Crippen molar-refractivity contribution >= 4 is 16.1 Å². The number of benzene rings is 2. The summed E-state index contributed by atoms with van der Waals surface area (Å²) >= 11 is 0. The minimum atomic E-state index is -3.90. The predicted molar refractivity (Wildman–Crippen MR) is 98.4 cm³/mol. The summed E-state index contributed by atoms with van der Waals surface area (Å²) in [6.45, 7) is 3.64. The number of urea groups is 1. The van der Waals surface area contributed by atoms with E-state index in [-0.39, 0.29) is 4.90 Å². The molecule has 2 aliphatic heterocycles. The van der Waals surface area contributed by atoms with Gasteiger partial charge in [0.25, 0.3) is 10.0 Å². The lowest BCUT2D eigenvalue weighted by Gasteiger charge is -2.30. The molecule has 2 aliphatic rings. The van der Waals surface area contributed by atoms with Gasteiger partial charge in [0, 0.05) is 13.1 Å². The molecule has 2 aromatic rings. The summed E-state index contributed by atoms with van der Waals surface area (Å²) in [4.78, 5) is 14.1. The van der Waals surface area contributed by atoms with Gasteiger partial charge in [-0.05, 0) is 48.7 Å². The number of nitrogens with one attached hydrogen (secondary N) is 1. The van der Waals surface area contributed by atoms with Gasteiger partial charge >= 0.3 is 6.03 Å². The van der Waals surface area contributed by atoms with Gasteiger partial charge < -0.3 is 14.4 Å². The molecule has 2 amide bonds. The number of sulfonamides is 1. The Balaban J connectivity index is 1.50. The minimum absolute atomic E-state index is 0.0680. The number of fused-ring (bicyclic) bond motifs is 2. The molecular weight excluding hydrogens is 368 g/mol. The molecule has 27 heavy (non-hydrogen) atoms. The highest BCUT2D eigenvalue weighted by Gasteiger charge is 2.27. The van der Waals surface area contributed by atoms with E-state index in [0.29, 0.717) is 38.5 Å². The summed E-state index contributed by atoms with van der Waals surface area (Å²) in [5, 5.41) is 0. The number of carbonyl (C=O) groups is 1. The van der Waals surface area contributed by atoms with Crippen LogP contribution in [0.5, 0.6) is 11.5 Å². The average molecular weight is 388 g/mol. The topological polar surface area (TPSA) is 84.9 Å². The van der Waals surface area contributed by atoms with Crippen molar-refractivity contribution in [2.75, 3.05) is 19.8 Å². The first-order valence-corrected chi connectivity index (χ1v) is 10.2. The Bertz CT molecular complexity index is 986. The summed E-state index contributed by atoms with van der Waals surface area (Å²) < 4.78 is 38.2. The van der Waals surface area contributed by atoms with E-state index in [1.165, 1.54) is 17.0 Å². The zero-order chi connectivity index (χ0) is 19.0. The van der Waals surface area contributed by atoms with Crippen LogP contribution >= 0.6 is 0 Å². The van der Waals surface area contributed by atoms with Crippen LogP contribution < -0.4 is 14.2 Å². The third-order valence-corrected chi connectivity index (χ3v) is 6.05. The monoisotopic (exact) mass is 388 g/mol. The number of carbonyl (C=O) groups excluding carboxylic acids is 1. The SMILES string of the molecule is Cc1ccc(S(=O)(=O)NC(=O)N2CCc3cc4c(cc3C2)OCCO4)cc1. The highest BCUT2D eigenvalue weighted by atomic mass is 32.2. The second-order valence-corrected chi connectivity index (χ2v) is 8.34. The molecule has 8 heteroatoms. The van der Waals surface area contributed by atoms with E-state index in [2.05, 4.69) is 4.72 Å². The lowest BCUT2D eigenvalue weighted by Crippen LogP contribution is -2.45. The number of rotatable bonds is 2. The van der Waals surface area contributed by atoms with Crippen LogP contribution in [0.15, 0.2) is 41.3 Å². The van der Waals surface area contributed by atoms with Gasteiger partial charge in [0.05, 0.1) is 4.90 Å². The zero-order valence-corrected chi connectivity index (χ0v) is 15.7. The lowest BCUT2D eigenvalue weighted by molar-refractivity contribution is 0.170. The largest absolute Gasteiger partial charge is 0.486 e. The maximum Gasteiger partial charge on any atom is 0.331 e.